The summed E-state index contributed by atoms with van der Waals surface area (Å²) in [6, 6.07) is 12.5. The largest absolute Gasteiger partial charge is 0.486 e. The van der Waals surface area contributed by atoms with E-state index in [-0.39, 0.29) is 18.1 Å². The first kappa shape index (κ1) is 19.1. The molecule has 1 aliphatic carbocycles. The lowest BCUT2D eigenvalue weighted by atomic mass is 9.87. The number of nitrogens with two attached hydrogens (primary N) is 1. The zero-order chi connectivity index (χ0) is 20.3. The van der Waals surface area contributed by atoms with Gasteiger partial charge in [0.15, 0.2) is 18.1 Å². The van der Waals surface area contributed by atoms with E-state index in [4.69, 9.17) is 19.9 Å². The highest BCUT2D eigenvalue weighted by molar-refractivity contribution is 5.95. The van der Waals surface area contributed by atoms with Crippen LogP contribution in [0.4, 0.5) is 0 Å². The van der Waals surface area contributed by atoms with Gasteiger partial charge in [-0.3, -0.25) is 9.59 Å². The summed E-state index contributed by atoms with van der Waals surface area (Å²) in [5.74, 6) is 0.896. The molecule has 1 heterocycles. The van der Waals surface area contributed by atoms with Crippen molar-refractivity contribution in [3.8, 4) is 17.2 Å². The molecule has 1 fully saturated rings. The van der Waals surface area contributed by atoms with E-state index in [1.807, 2.05) is 18.2 Å². The summed E-state index contributed by atoms with van der Waals surface area (Å²) in [5, 5.41) is 3.16. The number of para-hydroxylation sites is 1. The van der Waals surface area contributed by atoms with Crippen molar-refractivity contribution in [1.82, 2.24) is 5.32 Å². The van der Waals surface area contributed by atoms with Gasteiger partial charge >= 0.3 is 0 Å². The Labute approximate surface area is 169 Å². The van der Waals surface area contributed by atoms with Crippen molar-refractivity contribution in [2.45, 2.75) is 31.2 Å². The Balaban J connectivity index is 1.49. The zero-order valence-corrected chi connectivity index (χ0v) is 16.1. The molecule has 0 atom stereocenters. The van der Waals surface area contributed by atoms with Crippen molar-refractivity contribution in [1.29, 1.82) is 0 Å². The molecule has 2 amide bonds. The van der Waals surface area contributed by atoms with Crippen LogP contribution in [0.5, 0.6) is 17.2 Å². The van der Waals surface area contributed by atoms with Crippen molar-refractivity contribution >= 4 is 11.8 Å². The number of hydrogen-bond donors (Lipinski definition) is 2. The van der Waals surface area contributed by atoms with Crippen LogP contribution in [0.15, 0.2) is 42.5 Å². The third-order valence-corrected chi connectivity index (χ3v) is 5.44. The van der Waals surface area contributed by atoms with Crippen LogP contribution in [0.1, 0.15) is 41.6 Å². The zero-order valence-electron chi connectivity index (χ0n) is 16.1. The van der Waals surface area contributed by atoms with Crippen LogP contribution in [0, 0.1) is 0 Å². The van der Waals surface area contributed by atoms with Gasteiger partial charge in [0.1, 0.15) is 19.0 Å². The maximum absolute atomic E-state index is 12.7. The van der Waals surface area contributed by atoms with E-state index in [9.17, 15) is 9.59 Å². The molecule has 152 valence electrons. The highest BCUT2D eigenvalue weighted by atomic mass is 16.6. The van der Waals surface area contributed by atoms with E-state index in [1.165, 1.54) is 0 Å². The first-order chi connectivity index (χ1) is 14.1. The fourth-order valence-corrected chi connectivity index (χ4v) is 4.05. The standard InChI is InChI=1S/C22H24N2O5/c23-21(26)16-5-1-2-6-17(16)29-14-20(25)24-22(9-3-4-10-22)15-7-8-18-19(13-15)28-12-11-27-18/h1-2,5-8,13H,3-4,9-12,14H2,(H2,23,26)(H,24,25). The molecule has 0 unspecified atom stereocenters. The predicted molar refractivity (Wildman–Crippen MR) is 106 cm³/mol. The minimum Gasteiger partial charge on any atom is -0.486 e. The minimum atomic E-state index is -0.593. The average molecular weight is 396 g/mol. The Morgan fingerprint density at radius 2 is 1.76 bits per heavy atom. The van der Waals surface area contributed by atoms with Crippen molar-refractivity contribution in [2.75, 3.05) is 19.8 Å². The van der Waals surface area contributed by atoms with Crippen molar-refractivity contribution in [3.63, 3.8) is 0 Å². The van der Waals surface area contributed by atoms with Crippen molar-refractivity contribution in [3.05, 3.63) is 53.6 Å². The van der Waals surface area contributed by atoms with Gasteiger partial charge in [0.2, 0.25) is 0 Å². The first-order valence-corrected chi connectivity index (χ1v) is 9.80. The minimum absolute atomic E-state index is 0.198. The summed E-state index contributed by atoms with van der Waals surface area (Å²) in [4.78, 5) is 24.2. The number of fused-ring (bicyclic) bond motifs is 1. The molecule has 0 saturated heterocycles. The van der Waals surface area contributed by atoms with Gasteiger partial charge in [-0.1, -0.05) is 31.0 Å². The second-order valence-electron chi connectivity index (χ2n) is 7.34. The molecule has 0 radical (unpaired) electrons. The number of primary amides is 1. The summed E-state index contributed by atoms with van der Waals surface area (Å²) in [5.41, 5.74) is 6.16. The van der Waals surface area contributed by atoms with Gasteiger partial charge in [-0.05, 0) is 42.7 Å². The van der Waals surface area contributed by atoms with Crippen LogP contribution in [0.25, 0.3) is 0 Å². The highest BCUT2D eigenvalue weighted by Gasteiger charge is 2.38. The fourth-order valence-electron chi connectivity index (χ4n) is 4.05. The van der Waals surface area contributed by atoms with E-state index in [0.717, 1.165) is 37.0 Å². The topological polar surface area (TPSA) is 99.9 Å². The van der Waals surface area contributed by atoms with Gasteiger partial charge in [0.05, 0.1) is 11.1 Å². The summed E-state index contributed by atoms with van der Waals surface area (Å²) >= 11 is 0. The summed E-state index contributed by atoms with van der Waals surface area (Å²) in [6.45, 7) is 0.859. The normalized spacial score (nSPS) is 16.8. The molecular weight excluding hydrogens is 372 g/mol. The molecule has 7 nitrogen and oxygen atoms in total. The van der Waals surface area contributed by atoms with Crippen LogP contribution >= 0.6 is 0 Å². The number of hydrogen-bond acceptors (Lipinski definition) is 5. The van der Waals surface area contributed by atoms with Crippen molar-refractivity contribution in [2.24, 2.45) is 5.73 Å². The van der Waals surface area contributed by atoms with E-state index in [1.54, 1.807) is 24.3 Å². The molecule has 4 rings (SSSR count). The summed E-state index contributed by atoms with van der Waals surface area (Å²) in [7, 11) is 0. The van der Waals surface area contributed by atoms with Crippen molar-refractivity contribution < 1.29 is 23.8 Å². The maximum atomic E-state index is 12.7. The van der Waals surface area contributed by atoms with Gasteiger partial charge in [0.25, 0.3) is 11.8 Å². The monoisotopic (exact) mass is 396 g/mol. The lowest BCUT2D eigenvalue weighted by molar-refractivity contribution is -0.125. The Bertz CT molecular complexity index is 921. The molecule has 0 aromatic heterocycles. The van der Waals surface area contributed by atoms with Crippen LogP contribution in [-0.2, 0) is 10.3 Å². The second-order valence-corrected chi connectivity index (χ2v) is 7.34. The van der Waals surface area contributed by atoms with Crippen LogP contribution in [-0.4, -0.2) is 31.6 Å². The Morgan fingerprint density at radius 3 is 2.52 bits per heavy atom. The third-order valence-electron chi connectivity index (χ3n) is 5.44. The molecule has 7 heteroatoms. The molecule has 3 N–H and O–H groups in total. The smallest absolute Gasteiger partial charge is 0.258 e. The number of rotatable bonds is 6. The molecule has 29 heavy (non-hydrogen) atoms. The number of carbonyl (C=O) groups is 2. The molecule has 2 aliphatic rings. The number of benzene rings is 2. The van der Waals surface area contributed by atoms with E-state index in [2.05, 4.69) is 5.32 Å². The Kier molecular flexibility index (Phi) is 5.29. The lowest BCUT2D eigenvalue weighted by Crippen LogP contribution is -2.45. The predicted octanol–water partition coefficient (Wildman–Crippen LogP) is 2.52. The molecule has 0 bridgehead atoms. The number of nitrogens with one attached hydrogen (secondary N) is 1. The number of amides is 2. The molecule has 0 spiro atoms. The Morgan fingerprint density at radius 1 is 1.03 bits per heavy atom. The van der Waals surface area contributed by atoms with Gasteiger partial charge in [-0.25, -0.2) is 0 Å². The number of ether oxygens (including phenoxy) is 3. The second kappa shape index (κ2) is 8.03. The fraction of sp³-hybridized carbons (Fsp3) is 0.364. The average Bonchev–Trinajstić information content (AvgIpc) is 3.21. The maximum Gasteiger partial charge on any atom is 0.258 e. The quantitative estimate of drug-likeness (QED) is 0.782. The molecular formula is C22H24N2O5. The van der Waals surface area contributed by atoms with Gasteiger partial charge < -0.3 is 25.3 Å². The van der Waals surface area contributed by atoms with Crippen LogP contribution < -0.4 is 25.3 Å². The summed E-state index contributed by atoms with van der Waals surface area (Å²) < 4.78 is 16.9. The summed E-state index contributed by atoms with van der Waals surface area (Å²) in [6.07, 6.45) is 3.74. The third kappa shape index (κ3) is 3.99. The first-order valence-electron chi connectivity index (χ1n) is 9.80. The SMILES string of the molecule is NC(=O)c1ccccc1OCC(=O)NC1(c2ccc3c(c2)OCCO3)CCCC1. The van der Waals surface area contributed by atoms with E-state index < -0.39 is 11.4 Å². The van der Waals surface area contributed by atoms with Gasteiger partial charge in [0, 0.05) is 0 Å². The lowest BCUT2D eigenvalue weighted by Gasteiger charge is -2.32. The molecule has 1 aliphatic heterocycles. The van der Waals surface area contributed by atoms with Crippen LogP contribution in [0.2, 0.25) is 0 Å². The van der Waals surface area contributed by atoms with E-state index >= 15 is 0 Å². The van der Waals surface area contributed by atoms with Gasteiger partial charge in [-0.15, -0.1) is 0 Å². The molecule has 2 aromatic rings. The highest BCUT2D eigenvalue weighted by Crippen LogP contribution is 2.42. The molecule has 2 aromatic carbocycles. The Hall–Kier alpha value is -3.22. The van der Waals surface area contributed by atoms with Crippen LogP contribution in [0.3, 0.4) is 0 Å². The van der Waals surface area contributed by atoms with Gasteiger partial charge in [-0.2, -0.15) is 0 Å². The number of carbonyl (C=O) groups excluding carboxylic acids is 2. The molecule has 1 saturated carbocycles. The van der Waals surface area contributed by atoms with E-state index in [0.29, 0.717) is 24.7 Å².